The molecule has 1 nitrogen and oxygen atoms in total. The van der Waals surface area contributed by atoms with Crippen molar-refractivity contribution in [1.29, 1.82) is 0 Å². The van der Waals surface area contributed by atoms with Crippen LogP contribution in [0.3, 0.4) is 0 Å². The quantitative estimate of drug-likeness (QED) is 0.552. The smallest absolute Gasteiger partial charge is 0.0407 e. The van der Waals surface area contributed by atoms with E-state index in [1.807, 2.05) is 26.1 Å². The molecule has 0 saturated carbocycles. The third-order valence-electron chi connectivity index (χ3n) is 1.36. The van der Waals surface area contributed by atoms with Crippen LogP contribution in [0.25, 0.3) is 0 Å². The topological polar surface area (TPSA) is 12.9 Å². The van der Waals surface area contributed by atoms with Gasteiger partial charge in [0.15, 0.2) is 0 Å². The molecule has 9 heavy (non-hydrogen) atoms. The van der Waals surface area contributed by atoms with Gasteiger partial charge in [-0.2, -0.15) is 0 Å². The van der Waals surface area contributed by atoms with Crippen LogP contribution in [0.15, 0.2) is 18.3 Å². The molecular weight excluding hydrogens is 110 g/mol. The van der Waals surface area contributed by atoms with Crippen LogP contribution in [-0.2, 0) is 0 Å². The monoisotopic (exact) mass is 120 g/mol. The molecule has 0 amide bonds. The average Bonchev–Trinajstić information content (AvgIpc) is 1.89. The third kappa shape index (κ3) is 1.28. The maximum Gasteiger partial charge on any atom is 0.0407 e. The van der Waals surface area contributed by atoms with Crippen LogP contribution >= 0.6 is 0 Å². The van der Waals surface area contributed by atoms with Crippen molar-refractivity contribution in [3.8, 4) is 0 Å². The van der Waals surface area contributed by atoms with Crippen molar-refractivity contribution in [1.82, 2.24) is 4.98 Å². The Balaban J connectivity index is 3.01. The van der Waals surface area contributed by atoms with E-state index in [9.17, 15) is 0 Å². The van der Waals surface area contributed by atoms with Crippen molar-refractivity contribution in [3.05, 3.63) is 36.0 Å². The molecule has 0 unspecified atom stereocenters. The number of hydrogen-bond donors (Lipinski definition) is 0. The molecule has 0 aliphatic rings. The first-order chi connectivity index (χ1) is 4.34. The van der Waals surface area contributed by atoms with Crippen molar-refractivity contribution in [2.24, 2.45) is 0 Å². The summed E-state index contributed by atoms with van der Waals surface area (Å²) in [5.41, 5.74) is 2.32. The first-order valence-corrected chi connectivity index (χ1v) is 3.05. The van der Waals surface area contributed by atoms with Gasteiger partial charge in [0.1, 0.15) is 0 Å². The minimum atomic E-state index is 1.10. The summed E-state index contributed by atoms with van der Waals surface area (Å²) in [7, 11) is 0. The van der Waals surface area contributed by atoms with E-state index < -0.39 is 0 Å². The lowest BCUT2D eigenvalue weighted by atomic mass is 10.2. The van der Waals surface area contributed by atoms with E-state index in [1.165, 1.54) is 5.56 Å². The van der Waals surface area contributed by atoms with Gasteiger partial charge in [0.2, 0.25) is 0 Å². The standard InChI is InChI=1S/C8H10N/c1-3-8-5-4-6-9-7(8)2/h3-6H,1-2H3. The normalized spacial score (nSPS) is 9.56. The largest absolute Gasteiger partial charge is 0.261 e. The van der Waals surface area contributed by atoms with Crippen LogP contribution in [0.4, 0.5) is 0 Å². The summed E-state index contributed by atoms with van der Waals surface area (Å²) in [6, 6.07) is 4.00. The number of pyridine rings is 1. The molecule has 1 heterocycles. The highest BCUT2D eigenvalue weighted by atomic mass is 14.7. The van der Waals surface area contributed by atoms with Gasteiger partial charge in [0, 0.05) is 11.9 Å². The summed E-state index contributed by atoms with van der Waals surface area (Å²) in [6.07, 6.45) is 3.87. The number of nitrogens with zero attached hydrogens (tertiary/aromatic N) is 1. The maximum absolute atomic E-state index is 4.12. The molecule has 0 saturated heterocycles. The van der Waals surface area contributed by atoms with Crippen LogP contribution in [-0.4, -0.2) is 4.98 Å². The zero-order chi connectivity index (χ0) is 6.69. The van der Waals surface area contributed by atoms with Crippen molar-refractivity contribution < 1.29 is 0 Å². The van der Waals surface area contributed by atoms with E-state index >= 15 is 0 Å². The second-order valence-electron chi connectivity index (χ2n) is 1.97. The van der Waals surface area contributed by atoms with Gasteiger partial charge in [-0.15, -0.1) is 0 Å². The lowest BCUT2D eigenvalue weighted by molar-refractivity contribution is 1.15. The molecule has 1 radical (unpaired) electrons. The van der Waals surface area contributed by atoms with E-state index in [2.05, 4.69) is 17.5 Å². The summed E-state index contributed by atoms with van der Waals surface area (Å²) < 4.78 is 0. The zero-order valence-electron chi connectivity index (χ0n) is 5.76. The van der Waals surface area contributed by atoms with Gasteiger partial charge in [0.25, 0.3) is 0 Å². The summed E-state index contributed by atoms with van der Waals surface area (Å²) in [6.45, 7) is 4.03. The van der Waals surface area contributed by atoms with Gasteiger partial charge in [-0.25, -0.2) is 0 Å². The van der Waals surface area contributed by atoms with Gasteiger partial charge in [-0.3, -0.25) is 4.98 Å². The number of rotatable bonds is 1. The fraction of sp³-hybridized carbons (Fsp3) is 0.250. The van der Waals surface area contributed by atoms with Crippen molar-refractivity contribution >= 4 is 0 Å². The van der Waals surface area contributed by atoms with Gasteiger partial charge in [-0.1, -0.05) is 13.0 Å². The Morgan fingerprint density at radius 2 is 2.33 bits per heavy atom. The first-order valence-electron chi connectivity index (χ1n) is 3.05. The summed E-state index contributed by atoms with van der Waals surface area (Å²) >= 11 is 0. The molecule has 1 rings (SSSR count). The SMILES string of the molecule is C[CH]c1cccnc1C. The van der Waals surface area contributed by atoms with Gasteiger partial charge < -0.3 is 0 Å². The summed E-state index contributed by atoms with van der Waals surface area (Å²) in [5.74, 6) is 0. The summed E-state index contributed by atoms with van der Waals surface area (Å²) in [5, 5.41) is 0. The van der Waals surface area contributed by atoms with E-state index in [0.717, 1.165) is 5.69 Å². The lowest BCUT2D eigenvalue weighted by Crippen LogP contribution is -1.85. The van der Waals surface area contributed by atoms with Crippen molar-refractivity contribution in [2.75, 3.05) is 0 Å². The lowest BCUT2D eigenvalue weighted by Gasteiger charge is -1.97. The van der Waals surface area contributed by atoms with Crippen molar-refractivity contribution in [2.45, 2.75) is 13.8 Å². The fourth-order valence-electron chi connectivity index (χ4n) is 0.802. The molecule has 0 N–H and O–H groups in total. The van der Waals surface area contributed by atoms with Crippen LogP contribution in [0.2, 0.25) is 0 Å². The predicted octanol–water partition coefficient (Wildman–Crippen LogP) is 1.96. The first kappa shape index (κ1) is 6.27. The van der Waals surface area contributed by atoms with Gasteiger partial charge in [-0.05, 0) is 25.0 Å². The number of hydrogen-bond acceptors (Lipinski definition) is 1. The van der Waals surface area contributed by atoms with E-state index in [4.69, 9.17) is 0 Å². The molecule has 1 heteroatoms. The van der Waals surface area contributed by atoms with Crippen LogP contribution in [0.5, 0.6) is 0 Å². The van der Waals surface area contributed by atoms with Gasteiger partial charge >= 0.3 is 0 Å². The predicted molar refractivity (Wildman–Crippen MR) is 38.1 cm³/mol. The Kier molecular flexibility index (Phi) is 1.83. The second kappa shape index (κ2) is 2.62. The summed E-state index contributed by atoms with van der Waals surface area (Å²) in [4.78, 5) is 4.12. The highest BCUT2D eigenvalue weighted by Gasteiger charge is 1.91. The molecular formula is C8H10N. The van der Waals surface area contributed by atoms with E-state index in [-0.39, 0.29) is 0 Å². The Morgan fingerprint density at radius 3 is 2.78 bits per heavy atom. The van der Waals surface area contributed by atoms with Gasteiger partial charge in [0.05, 0.1) is 0 Å². The van der Waals surface area contributed by atoms with E-state index in [0.29, 0.717) is 0 Å². The number of aromatic nitrogens is 1. The molecule has 0 aliphatic carbocycles. The molecule has 47 valence electrons. The second-order valence-corrected chi connectivity index (χ2v) is 1.97. The fourth-order valence-corrected chi connectivity index (χ4v) is 0.802. The molecule has 0 aliphatic heterocycles. The van der Waals surface area contributed by atoms with Crippen LogP contribution in [0.1, 0.15) is 18.2 Å². The molecule has 1 aromatic rings. The molecule has 0 atom stereocenters. The Morgan fingerprint density at radius 1 is 1.56 bits per heavy atom. The molecule has 0 spiro atoms. The Labute approximate surface area is 55.7 Å². The minimum Gasteiger partial charge on any atom is -0.261 e. The minimum absolute atomic E-state index is 1.10. The Bertz CT molecular complexity index is 194. The molecule has 1 aromatic heterocycles. The highest BCUT2D eigenvalue weighted by molar-refractivity contribution is 5.24. The highest BCUT2D eigenvalue weighted by Crippen LogP contribution is 2.04. The average molecular weight is 120 g/mol. The van der Waals surface area contributed by atoms with Crippen molar-refractivity contribution in [3.63, 3.8) is 0 Å². The third-order valence-corrected chi connectivity index (χ3v) is 1.36. The molecule has 0 aromatic carbocycles. The zero-order valence-corrected chi connectivity index (χ0v) is 5.76. The van der Waals surface area contributed by atoms with Crippen LogP contribution in [0, 0.1) is 13.3 Å². The molecule has 0 fully saturated rings. The number of aryl methyl sites for hydroxylation is 1. The van der Waals surface area contributed by atoms with Crippen LogP contribution < -0.4 is 0 Å². The van der Waals surface area contributed by atoms with E-state index in [1.54, 1.807) is 0 Å². The molecule has 0 bridgehead atoms. The Hall–Kier alpha value is -0.850. The maximum atomic E-state index is 4.12.